The Balaban J connectivity index is 2.60. The van der Waals surface area contributed by atoms with Crippen molar-refractivity contribution < 1.29 is 14.6 Å². The third kappa shape index (κ3) is 4.33. The van der Waals surface area contributed by atoms with Crippen LogP contribution in [-0.4, -0.2) is 23.8 Å². The van der Waals surface area contributed by atoms with E-state index in [1.807, 2.05) is 31.2 Å². The molecule has 1 aromatic rings. The summed E-state index contributed by atoms with van der Waals surface area (Å²) in [6.07, 6.45) is 0.480. The predicted molar refractivity (Wildman–Crippen MR) is 65.5 cm³/mol. The summed E-state index contributed by atoms with van der Waals surface area (Å²) in [7, 11) is 0. The van der Waals surface area contributed by atoms with Crippen molar-refractivity contribution in [3.63, 3.8) is 0 Å². The van der Waals surface area contributed by atoms with Crippen LogP contribution in [0.5, 0.6) is 0 Å². The van der Waals surface area contributed by atoms with Crippen LogP contribution >= 0.6 is 15.9 Å². The van der Waals surface area contributed by atoms with Gasteiger partial charge in [0.15, 0.2) is 6.10 Å². The summed E-state index contributed by atoms with van der Waals surface area (Å²) < 4.78 is 6.26. The van der Waals surface area contributed by atoms with Crippen LogP contribution in [0.15, 0.2) is 28.7 Å². The number of hydrogen-bond donors (Lipinski definition) is 1. The number of halogens is 1. The standard InChI is InChI=1S/C12H15BrO3/c1-2-7-16-11(12(14)15)8-9-3-5-10(13)6-4-9/h3-6,11H,2,7-8H2,1H3,(H,14,15)/t11-/m0/s1. The molecule has 0 aliphatic heterocycles. The van der Waals surface area contributed by atoms with Crippen LogP contribution in [0.2, 0.25) is 0 Å². The number of aliphatic carboxylic acids is 1. The third-order valence-electron chi connectivity index (χ3n) is 2.13. The second-order valence-electron chi connectivity index (χ2n) is 3.53. The summed E-state index contributed by atoms with van der Waals surface area (Å²) in [6.45, 7) is 2.44. The number of ether oxygens (including phenoxy) is 1. The van der Waals surface area contributed by atoms with Gasteiger partial charge in [-0.25, -0.2) is 4.79 Å². The number of hydrogen-bond acceptors (Lipinski definition) is 2. The van der Waals surface area contributed by atoms with Gasteiger partial charge in [-0.1, -0.05) is 35.0 Å². The minimum atomic E-state index is -0.906. The summed E-state index contributed by atoms with van der Waals surface area (Å²) in [4.78, 5) is 10.9. The van der Waals surface area contributed by atoms with Crippen LogP contribution < -0.4 is 0 Å². The number of rotatable bonds is 6. The number of carboxylic acid groups (broad SMARTS) is 1. The number of benzene rings is 1. The van der Waals surface area contributed by atoms with Crippen LogP contribution in [0.1, 0.15) is 18.9 Å². The maximum Gasteiger partial charge on any atom is 0.333 e. The van der Waals surface area contributed by atoms with Gasteiger partial charge in [0.25, 0.3) is 0 Å². The highest BCUT2D eigenvalue weighted by atomic mass is 79.9. The fraction of sp³-hybridized carbons (Fsp3) is 0.417. The largest absolute Gasteiger partial charge is 0.479 e. The van der Waals surface area contributed by atoms with E-state index in [0.29, 0.717) is 13.0 Å². The number of carbonyl (C=O) groups is 1. The highest BCUT2D eigenvalue weighted by Crippen LogP contribution is 2.13. The SMILES string of the molecule is CCCO[C@@H](Cc1ccc(Br)cc1)C(=O)O. The molecule has 0 radical (unpaired) electrons. The lowest BCUT2D eigenvalue weighted by molar-refractivity contribution is -0.150. The molecule has 4 heteroatoms. The molecule has 0 aliphatic carbocycles. The van der Waals surface area contributed by atoms with Gasteiger partial charge in [0.2, 0.25) is 0 Å². The molecule has 0 amide bonds. The quantitative estimate of drug-likeness (QED) is 0.875. The van der Waals surface area contributed by atoms with Gasteiger partial charge in [-0.3, -0.25) is 0 Å². The van der Waals surface area contributed by atoms with E-state index in [1.165, 1.54) is 0 Å². The van der Waals surface area contributed by atoms with E-state index >= 15 is 0 Å². The lowest BCUT2D eigenvalue weighted by Crippen LogP contribution is -2.26. The average Bonchev–Trinajstić information content (AvgIpc) is 2.26. The summed E-state index contributed by atoms with van der Waals surface area (Å²) >= 11 is 3.33. The van der Waals surface area contributed by atoms with E-state index in [4.69, 9.17) is 9.84 Å². The Morgan fingerprint density at radius 1 is 1.44 bits per heavy atom. The first-order valence-electron chi connectivity index (χ1n) is 5.22. The highest BCUT2D eigenvalue weighted by Gasteiger charge is 2.17. The van der Waals surface area contributed by atoms with Crippen LogP contribution in [0.4, 0.5) is 0 Å². The van der Waals surface area contributed by atoms with Crippen molar-refractivity contribution in [1.29, 1.82) is 0 Å². The fourth-order valence-electron chi connectivity index (χ4n) is 1.31. The Bertz CT molecular complexity index is 335. The molecule has 0 aromatic heterocycles. The molecule has 0 saturated heterocycles. The molecule has 1 aromatic carbocycles. The minimum Gasteiger partial charge on any atom is -0.479 e. The molecule has 1 atom stereocenters. The van der Waals surface area contributed by atoms with E-state index in [1.54, 1.807) is 0 Å². The summed E-state index contributed by atoms with van der Waals surface area (Å²) in [5.74, 6) is -0.906. The lowest BCUT2D eigenvalue weighted by atomic mass is 10.1. The molecule has 0 aliphatic rings. The van der Waals surface area contributed by atoms with Gasteiger partial charge in [-0.05, 0) is 24.1 Å². The Morgan fingerprint density at radius 3 is 2.56 bits per heavy atom. The van der Waals surface area contributed by atoms with Crippen molar-refractivity contribution in [2.45, 2.75) is 25.9 Å². The van der Waals surface area contributed by atoms with Gasteiger partial charge in [-0.15, -0.1) is 0 Å². The summed E-state index contributed by atoms with van der Waals surface area (Å²) in [5, 5.41) is 8.98. The van der Waals surface area contributed by atoms with Crippen molar-refractivity contribution in [3.05, 3.63) is 34.3 Å². The summed E-state index contributed by atoms with van der Waals surface area (Å²) in [6, 6.07) is 7.59. The molecule has 1 rings (SSSR count). The second kappa shape index (κ2) is 6.66. The zero-order valence-electron chi connectivity index (χ0n) is 9.15. The van der Waals surface area contributed by atoms with Gasteiger partial charge >= 0.3 is 5.97 Å². The Kier molecular flexibility index (Phi) is 5.49. The Morgan fingerprint density at radius 2 is 2.06 bits per heavy atom. The fourth-order valence-corrected chi connectivity index (χ4v) is 1.58. The van der Waals surface area contributed by atoms with E-state index in [0.717, 1.165) is 16.5 Å². The van der Waals surface area contributed by atoms with E-state index in [9.17, 15) is 4.79 Å². The monoisotopic (exact) mass is 286 g/mol. The van der Waals surface area contributed by atoms with Crippen molar-refractivity contribution in [2.24, 2.45) is 0 Å². The molecule has 3 nitrogen and oxygen atoms in total. The smallest absolute Gasteiger partial charge is 0.333 e. The third-order valence-corrected chi connectivity index (χ3v) is 2.66. The second-order valence-corrected chi connectivity index (χ2v) is 4.44. The predicted octanol–water partition coefficient (Wildman–Crippen LogP) is 2.87. The van der Waals surface area contributed by atoms with Gasteiger partial charge in [0, 0.05) is 17.5 Å². The zero-order chi connectivity index (χ0) is 12.0. The van der Waals surface area contributed by atoms with Crippen LogP contribution in [0.3, 0.4) is 0 Å². The van der Waals surface area contributed by atoms with Gasteiger partial charge in [0.1, 0.15) is 0 Å². The molecule has 0 spiro atoms. The van der Waals surface area contributed by atoms with Gasteiger partial charge in [-0.2, -0.15) is 0 Å². The van der Waals surface area contributed by atoms with E-state index in [2.05, 4.69) is 15.9 Å². The van der Waals surface area contributed by atoms with Crippen LogP contribution in [0.25, 0.3) is 0 Å². The maximum atomic E-state index is 10.9. The highest BCUT2D eigenvalue weighted by molar-refractivity contribution is 9.10. The van der Waals surface area contributed by atoms with Crippen molar-refractivity contribution in [3.8, 4) is 0 Å². The van der Waals surface area contributed by atoms with E-state index in [-0.39, 0.29) is 0 Å². The van der Waals surface area contributed by atoms with Crippen LogP contribution in [0, 0.1) is 0 Å². The topological polar surface area (TPSA) is 46.5 Å². The maximum absolute atomic E-state index is 10.9. The lowest BCUT2D eigenvalue weighted by Gasteiger charge is -2.13. The molecular formula is C12H15BrO3. The molecule has 0 unspecified atom stereocenters. The summed E-state index contributed by atoms with van der Waals surface area (Å²) in [5.41, 5.74) is 0.965. The Hall–Kier alpha value is -0.870. The molecule has 1 N–H and O–H groups in total. The zero-order valence-corrected chi connectivity index (χ0v) is 10.7. The molecule has 0 heterocycles. The number of carboxylic acids is 1. The minimum absolute atomic E-state index is 0.405. The van der Waals surface area contributed by atoms with E-state index < -0.39 is 12.1 Å². The molecule has 88 valence electrons. The van der Waals surface area contributed by atoms with Crippen LogP contribution in [-0.2, 0) is 16.0 Å². The molecule has 0 saturated carbocycles. The normalized spacial score (nSPS) is 12.4. The first-order chi connectivity index (χ1) is 7.63. The first-order valence-corrected chi connectivity index (χ1v) is 6.01. The average molecular weight is 287 g/mol. The molecular weight excluding hydrogens is 272 g/mol. The molecule has 16 heavy (non-hydrogen) atoms. The Labute approximate surface area is 104 Å². The van der Waals surface area contributed by atoms with Gasteiger partial charge < -0.3 is 9.84 Å². The molecule has 0 fully saturated rings. The van der Waals surface area contributed by atoms with Gasteiger partial charge in [0.05, 0.1) is 0 Å². The van der Waals surface area contributed by atoms with Crippen molar-refractivity contribution in [1.82, 2.24) is 0 Å². The van der Waals surface area contributed by atoms with Crippen molar-refractivity contribution >= 4 is 21.9 Å². The molecule has 0 bridgehead atoms. The van der Waals surface area contributed by atoms with Crippen molar-refractivity contribution in [2.75, 3.05) is 6.61 Å². The first kappa shape index (κ1) is 13.2.